The van der Waals surface area contributed by atoms with Crippen LogP contribution in [0.5, 0.6) is 5.75 Å². The van der Waals surface area contributed by atoms with Crippen LogP contribution in [0.3, 0.4) is 0 Å². The van der Waals surface area contributed by atoms with Crippen molar-refractivity contribution in [2.75, 3.05) is 19.0 Å². The Balaban J connectivity index is 2.00. The van der Waals surface area contributed by atoms with E-state index < -0.39 is 15.9 Å². The first-order valence-corrected chi connectivity index (χ1v) is 10.6. The number of rotatable bonds is 7. The summed E-state index contributed by atoms with van der Waals surface area (Å²) in [5.41, 5.74) is 0.926. The molecule has 28 heavy (non-hydrogen) atoms. The summed E-state index contributed by atoms with van der Waals surface area (Å²) in [5.74, 6) is 0.212. The van der Waals surface area contributed by atoms with Crippen LogP contribution in [-0.2, 0) is 10.0 Å². The number of ether oxygens (including phenoxy) is 1. The Labute approximate surface area is 177 Å². The van der Waals surface area contributed by atoms with Crippen LogP contribution in [0, 0.1) is 0 Å². The van der Waals surface area contributed by atoms with Crippen molar-refractivity contribution >= 4 is 54.9 Å². The van der Waals surface area contributed by atoms with Gasteiger partial charge in [-0.25, -0.2) is 13.1 Å². The Morgan fingerprint density at radius 3 is 2.50 bits per heavy atom. The zero-order valence-corrected chi connectivity index (χ0v) is 18.1. The number of hydrogen-bond donors (Lipinski definition) is 3. The molecule has 0 aromatic heterocycles. The molecule has 0 saturated carbocycles. The lowest BCUT2D eigenvalue weighted by atomic mass is 10.2. The molecule has 0 saturated heterocycles. The molecule has 1 amide bonds. The number of carbonyl (C=O) groups is 1. The highest BCUT2D eigenvalue weighted by Crippen LogP contribution is 2.25. The molecule has 0 bridgehead atoms. The van der Waals surface area contributed by atoms with Crippen LogP contribution < -0.4 is 20.1 Å². The predicted molar refractivity (Wildman–Crippen MR) is 116 cm³/mol. The third-order valence-corrected chi connectivity index (χ3v) is 5.74. The van der Waals surface area contributed by atoms with Gasteiger partial charge in [0.2, 0.25) is 10.0 Å². The Kier molecular flexibility index (Phi) is 7.69. The Bertz CT molecular complexity index is 992. The molecule has 0 aliphatic heterocycles. The van der Waals surface area contributed by atoms with E-state index in [0.717, 1.165) is 0 Å². The monoisotopic (exact) mass is 483 g/mol. The Morgan fingerprint density at radius 2 is 1.93 bits per heavy atom. The number of methoxy groups -OCH3 is 1. The number of carbonyl (C=O) groups excluding carboxylic acids is 1. The van der Waals surface area contributed by atoms with E-state index in [-0.39, 0.29) is 16.6 Å². The van der Waals surface area contributed by atoms with Gasteiger partial charge in [-0.2, -0.15) is 0 Å². The number of anilines is 1. The molecule has 0 aliphatic carbocycles. The molecule has 148 valence electrons. The Morgan fingerprint density at radius 1 is 1.25 bits per heavy atom. The molecule has 0 heterocycles. The summed E-state index contributed by atoms with van der Waals surface area (Å²) in [7, 11) is -2.07. The topological polar surface area (TPSA) is 96.5 Å². The van der Waals surface area contributed by atoms with Crippen LogP contribution in [0.4, 0.5) is 5.69 Å². The quantitative estimate of drug-likeness (QED) is 0.413. The second-order valence-electron chi connectivity index (χ2n) is 5.42. The minimum Gasteiger partial charge on any atom is -0.496 e. The van der Waals surface area contributed by atoms with E-state index in [1.807, 2.05) is 0 Å². The molecule has 0 unspecified atom stereocenters. The van der Waals surface area contributed by atoms with Gasteiger partial charge >= 0.3 is 0 Å². The zero-order chi connectivity index (χ0) is 20.7. The van der Waals surface area contributed by atoms with Crippen molar-refractivity contribution in [1.82, 2.24) is 10.0 Å². The van der Waals surface area contributed by atoms with Gasteiger partial charge < -0.3 is 10.1 Å². The second kappa shape index (κ2) is 9.78. The third-order valence-electron chi connectivity index (χ3n) is 3.48. The fourth-order valence-corrected chi connectivity index (χ4v) is 3.86. The van der Waals surface area contributed by atoms with Gasteiger partial charge in [0, 0.05) is 17.8 Å². The van der Waals surface area contributed by atoms with Crippen molar-refractivity contribution in [3.63, 3.8) is 0 Å². The van der Waals surface area contributed by atoms with Gasteiger partial charge in [0.05, 0.1) is 16.5 Å². The lowest BCUT2D eigenvalue weighted by Gasteiger charge is -2.11. The highest BCUT2D eigenvalue weighted by Gasteiger charge is 2.13. The van der Waals surface area contributed by atoms with Gasteiger partial charge in [0.15, 0.2) is 5.11 Å². The molecule has 2 aromatic carbocycles. The maximum atomic E-state index is 12.3. The number of benzene rings is 2. The van der Waals surface area contributed by atoms with Crippen molar-refractivity contribution in [3.05, 3.63) is 65.2 Å². The van der Waals surface area contributed by atoms with E-state index in [4.69, 9.17) is 17.0 Å². The molecule has 2 rings (SSSR count). The van der Waals surface area contributed by atoms with E-state index in [1.165, 1.54) is 25.3 Å². The average Bonchev–Trinajstić information content (AvgIpc) is 2.66. The highest BCUT2D eigenvalue weighted by atomic mass is 79.9. The predicted octanol–water partition coefficient (Wildman–Crippen LogP) is 3.05. The van der Waals surface area contributed by atoms with E-state index >= 15 is 0 Å². The molecule has 2 aromatic rings. The minimum absolute atomic E-state index is 0.0809. The SMILES string of the molecule is C=CCNS(=O)(=O)c1ccc(NC(=S)NC(=O)c2ccc(OC)c(Br)c2)cc1. The number of nitrogens with one attached hydrogen (secondary N) is 3. The molecule has 0 aliphatic rings. The average molecular weight is 484 g/mol. The van der Waals surface area contributed by atoms with Gasteiger partial charge in [-0.05, 0) is 70.6 Å². The molecule has 7 nitrogen and oxygen atoms in total. The van der Waals surface area contributed by atoms with Gasteiger partial charge in [-0.3, -0.25) is 10.1 Å². The van der Waals surface area contributed by atoms with Crippen molar-refractivity contribution in [2.24, 2.45) is 0 Å². The number of amides is 1. The summed E-state index contributed by atoms with van der Waals surface area (Å²) in [6.07, 6.45) is 1.45. The van der Waals surface area contributed by atoms with Crippen LogP contribution in [0.25, 0.3) is 0 Å². The Hall–Kier alpha value is -2.27. The molecule has 3 N–H and O–H groups in total. The number of hydrogen-bond acceptors (Lipinski definition) is 5. The maximum absolute atomic E-state index is 12.3. The molecule has 0 fully saturated rings. The molecular formula is C18H18BrN3O4S2. The first kappa shape index (κ1) is 22.0. The van der Waals surface area contributed by atoms with Gasteiger partial charge in [-0.15, -0.1) is 6.58 Å². The summed E-state index contributed by atoms with van der Waals surface area (Å²) >= 11 is 8.46. The molecule has 0 radical (unpaired) electrons. The highest BCUT2D eigenvalue weighted by molar-refractivity contribution is 9.10. The second-order valence-corrected chi connectivity index (χ2v) is 8.45. The summed E-state index contributed by atoms with van der Waals surface area (Å²) in [6, 6.07) is 10.8. The summed E-state index contributed by atoms with van der Waals surface area (Å²) in [6.45, 7) is 3.61. The first-order chi connectivity index (χ1) is 13.3. The van der Waals surface area contributed by atoms with Crippen molar-refractivity contribution in [3.8, 4) is 5.75 Å². The molecule has 0 atom stereocenters. The van der Waals surface area contributed by atoms with Crippen molar-refractivity contribution in [2.45, 2.75) is 4.90 Å². The third kappa shape index (κ3) is 5.86. The summed E-state index contributed by atoms with van der Waals surface area (Å²) in [4.78, 5) is 12.4. The van der Waals surface area contributed by atoms with Crippen molar-refractivity contribution < 1.29 is 17.9 Å². The number of sulfonamides is 1. The smallest absolute Gasteiger partial charge is 0.257 e. The van der Waals surface area contributed by atoms with Gasteiger partial charge in [-0.1, -0.05) is 6.08 Å². The van der Waals surface area contributed by atoms with Crippen LogP contribution >= 0.6 is 28.1 Å². The zero-order valence-electron chi connectivity index (χ0n) is 14.9. The minimum atomic E-state index is -3.60. The molecule has 0 spiro atoms. The molecule has 10 heteroatoms. The standard InChI is InChI=1S/C18H18BrN3O4S2/c1-3-10-20-28(24,25)14-7-5-13(6-8-14)21-18(27)22-17(23)12-4-9-16(26-2)15(19)11-12/h3-9,11,20H,1,10H2,2H3,(H2,21,22,23,27). The largest absolute Gasteiger partial charge is 0.496 e. The fourth-order valence-electron chi connectivity index (χ4n) is 2.11. The van der Waals surface area contributed by atoms with Crippen LogP contribution in [0.1, 0.15) is 10.4 Å². The normalized spacial score (nSPS) is 10.8. The number of thiocarbonyl (C=S) groups is 1. The summed E-state index contributed by atoms with van der Waals surface area (Å²) < 4.78 is 32.2. The number of halogens is 1. The van der Waals surface area contributed by atoms with E-state index in [9.17, 15) is 13.2 Å². The van der Waals surface area contributed by atoms with Crippen molar-refractivity contribution in [1.29, 1.82) is 0 Å². The fraction of sp³-hybridized carbons (Fsp3) is 0.111. The first-order valence-electron chi connectivity index (χ1n) is 7.93. The lowest BCUT2D eigenvalue weighted by molar-refractivity contribution is 0.0977. The van der Waals surface area contributed by atoms with E-state index in [1.54, 1.807) is 30.3 Å². The van der Waals surface area contributed by atoms with Gasteiger partial charge in [0.1, 0.15) is 5.75 Å². The van der Waals surface area contributed by atoms with E-state index in [2.05, 4.69) is 37.9 Å². The van der Waals surface area contributed by atoms with E-state index in [0.29, 0.717) is 21.5 Å². The summed E-state index contributed by atoms with van der Waals surface area (Å²) in [5, 5.41) is 5.47. The maximum Gasteiger partial charge on any atom is 0.257 e. The van der Waals surface area contributed by atoms with Gasteiger partial charge in [0.25, 0.3) is 5.91 Å². The lowest BCUT2D eigenvalue weighted by Crippen LogP contribution is -2.34. The van der Waals surface area contributed by atoms with Crippen LogP contribution in [-0.4, -0.2) is 33.1 Å². The molecular weight excluding hydrogens is 466 g/mol. The van der Waals surface area contributed by atoms with Crippen LogP contribution in [0.2, 0.25) is 0 Å². The van der Waals surface area contributed by atoms with Crippen LogP contribution in [0.15, 0.2) is 64.5 Å².